The van der Waals surface area contributed by atoms with Crippen LogP contribution < -0.4 is 5.11 Å². The summed E-state index contributed by atoms with van der Waals surface area (Å²) in [6.45, 7) is 0. The van der Waals surface area contributed by atoms with Crippen molar-refractivity contribution in [3.63, 3.8) is 0 Å². The lowest BCUT2D eigenvalue weighted by atomic mass is 9.99. The third-order valence-electron chi connectivity index (χ3n) is 4.04. The number of carboxylic acid groups (broad SMARTS) is 1. The highest BCUT2D eigenvalue weighted by Gasteiger charge is 2.11. The molecule has 0 atom stereocenters. The molecule has 4 heteroatoms. The molecule has 1 aromatic heterocycles. The Labute approximate surface area is 146 Å². The number of carboxylic acids is 1. The summed E-state index contributed by atoms with van der Waals surface area (Å²) in [6.07, 6.45) is 0. The van der Waals surface area contributed by atoms with Crippen molar-refractivity contribution in [2.24, 2.45) is 0 Å². The molecule has 3 aromatic carbocycles. The van der Waals surface area contributed by atoms with Crippen molar-refractivity contribution in [3.8, 4) is 11.3 Å². The Morgan fingerprint density at radius 2 is 1.79 bits per heavy atom. The largest absolute Gasteiger partial charge is 0.545 e. The molecule has 0 spiro atoms. The number of hydrogen-bond acceptors (Lipinski definition) is 3. The molecule has 0 N–H and O–H groups in total. The van der Waals surface area contributed by atoms with Crippen molar-refractivity contribution in [2.75, 3.05) is 0 Å². The highest BCUT2D eigenvalue weighted by molar-refractivity contribution is 9.10. The summed E-state index contributed by atoms with van der Waals surface area (Å²) >= 11 is 3.43. The lowest BCUT2D eigenvalue weighted by Crippen LogP contribution is -2.22. The maximum absolute atomic E-state index is 11.8. The zero-order valence-corrected chi connectivity index (χ0v) is 14.1. The topological polar surface area (TPSA) is 53.0 Å². The summed E-state index contributed by atoms with van der Waals surface area (Å²) in [5.41, 5.74) is 2.26. The van der Waals surface area contributed by atoms with E-state index in [0.29, 0.717) is 16.6 Å². The van der Waals surface area contributed by atoms with Crippen molar-refractivity contribution in [1.29, 1.82) is 0 Å². The van der Waals surface area contributed by atoms with Crippen LogP contribution in [0.2, 0.25) is 0 Å². The molecule has 0 aliphatic rings. The molecule has 0 aliphatic heterocycles. The fraction of sp³-hybridized carbons (Fsp3) is 0. The van der Waals surface area contributed by atoms with Gasteiger partial charge < -0.3 is 9.90 Å². The van der Waals surface area contributed by atoms with E-state index < -0.39 is 5.97 Å². The molecule has 0 aliphatic carbocycles. The molecule has 24 heavy (non-hydrogen) atoms. The summed E-state index contributed by atoms with van der Waals surface area (Å²) in [6, 6.07) is 20.7. The predicted molar refractivity (Wildman–Crippen MR) is 96.7 cm³/mol. The molecule has 0 fully saturated rings. The standard InChI is InChI=1S/C20H12BrNO2/c21-14-6-3-5-13(10-14)18-11-16(20(23)24)19-15-7-2-1-4-12(15)8-9-17(19)22-18/h1-11H,(H,23,24)/p-1. The van der Waals surface area contributed by atoms with E-state index in [1.807, 2.05) is 60.7 Å². The fourth-order valence-electron chi connectivity index (χ4n) is 2.96. The second-order valence-electron chi connectivity index (χ2n) is 5.53. The van der Waals surface area contributed by atoms with E-state index in [1.165, 1.54) is 0 Å². The smallest absolute Gasteiger partial charge is 0.0723 e. The second-order valence-corrected chi connectivity index (χ2v) is 6.45. The van der Waals surface area contributed by atoms with Gasteiger partial charge in [-0.15, -0.1) is 0 Å². The van der Waals surface area contributed by atoms with Gasteiger partial charge in [-0.3, -0.25) is 0 Å². The lowest BCUT2D eigenvalue weighted by Gasteiger charge is -2.13. The second kappa shape index (κ2) is 5.73. The van der Waals surface area contributed by atoms with Crippen LogP contribution in [0, 0.1) is 0 Å². The first-order valence-electron chi connectivity index (χ1n) is 7.43. The molecule has 4 rings (SSSR count). The molecular weight excluding hydrogens is 366 g/mol. The third kappa shape index (κ3) is 2.45. The quantitative estimate of drug-likeness (QED) is 0.493. The van der Waals surface area contributed by atoms with Gasteiger partial charge in [-0.25, -0.2) is 4.98 Å². The van der Waals surface area contributed by atoms with Gasteiger partial charge in [0.1, 0.15) is 0 Å². The Hall–Kier alpha value is -2.72. The molecule has 0 saturated heterocycles. The molecular formula is C20H11BrNO2-. The first-order chi connectivity index (χ1) is 11.6. The minimum atomic E-state index is -1.20. The number of nitrogens with zero attached hydrogens (tertiary/aromatic N) is 1. The molecule has 0 amide bonds. The van der Waals surface area contributed by atoms with Gasteiger partial charge in [0.2, 0.25) is 0 Å². The number of aromatic carboxylic acids is 1. The van der Waals surface area contributed by atoms with E-state index in [1.54, 1.807) is 6.07 Å². The van der Waals surface area contributed by atoms with Crippen molar-refractivity contribution >= 4 is 43.6 Å². The van der Waals surface area contributed by atoms with E-state index in [4.69, 9.17) is 0 Å². The van der Waals surface area contributed by atoms with Gasteiger partial charge in [0.25, 0.3) is 0 Å². The summed E-state index contributed by atoms with van der Waals surface area (Å²) in [5.74, 6) is -1.20. The minimum absolute atomic E-state index is 0.159. The fourth-order valence-corrected chi connectivity index (χ4v) is 3.36. The predicted octanol–water partition coefficient (Wildman–Crippen LogP) is 4.18. The number of hydrogen-bond donors (Lipinski definition) is 0. The van der Waals surface area contributed by atoms with Gasteiger partial charge in [-0.1, -0.05) is 58.4 Å². The van der Waals surface area contributed by atoms with Crippen LogP contribution in [0.25, 0.3) is 32.9 Å². The van der Waals surface area contributed by atoms with Gasteiger partial charge >= 0.3 is 0 Å². The Balaban J connectivity index is 2.10. The number of carbonyl (C=O) groups is 1. The van der Waals surface area contributed by atoms with E-state index in [-0.39, 0.29) is 5.56 Å². The number of rotatable bonds is 2. The molecule has 1 heterocycles. The highest BCUT2D eigenvalue weighted by atomic mass is 79.9. The van der Waals surface area contributed by atoms with Crippen molar-refractivity contribution in [2.45, 2.75) is 0 Å². The van der Waals surface area contributed by atoms with Crippen LogP contribution in [0.3, 0.4) is 0 Å². The molecule has 0 unspecified atom stereocenters. The van der Waals surface area contributed by atoms with Gasteiger partial charge in [-0.2, -0.15) is 0 Å². The SMILES string of the molecule is O=C([O-])c1cc(-c2cccc(Br)c2)nc2ccc3ccccc3c12. The maximum atomic E-state index is 11.8. The summed E-state index contributed by atoms with van der Waals surface area (Å²) in [4.78, 5) is 16.4. The number of pyridine rings is 1. The van der Waals surface area contributed by atoms with Gasteiger partial charge in [0, 0.05) is 21.0 Å². The van der Waals surface area contributed by atoms with Gasteiger partial charge in [0.15, 0.2) is 0 Å². The van der Waals surface area contributed by atoms with Crippen LogP contribution in [0.5, 0.6) is 0 Å². The highest BCUT2D eigenvalue weighted by Crippen LogP contribution is 2.31. The number of benzene rings is 3. The van der Waals surface area contributed by atoms with Crippen molar-refractivity contribution in [1.82, 2.24) is 4.98 Å². The monoisotopic (exact) mass is 376 g/mol. The zero-order valence-electron chi connectivity index (χ0n) is 12.5. The van der Waals surface area contributed by atoms with E-state index in [0.717, 1.165) is 20.8 Å². The number of carbonyl (C=O) groups excluding carboxylic acids is 1. The Bertz CT molecular complexity index is 1110. The van der Waals surface area contributed by atoms with Crippen LogP contribution in [0.4, 0.5) is 0 Å². The minimum Gasteiger partial charge on any atom is -0.545 e. The first kappa shape index (κ1) is 14.8. The van der Waals surface area contributed by atoms with E-state index >= 15 is 0 Å². The van der Waals surface area contributed by atoms with E-state index in [2.05, 4.69) is 20.9 Å². The average Bonchev–Trinajstić information content (AvgIpc) is 2.60. The Morgan fingerprint density at radius 3 is 2.58 bits per heavy atom. The Morgan fingerprint density at radius 1 is 0.958 bits per heavy atom. The van der Waals surface area contributed by atoms with Crippen molar-refractivity contribution < 1.29 is 9.90 Å². The normalized spacial score (nSPS) is 11.0. The molecule has 4 aromatic rings. The Kier molecular flexibility index (Phi) is 3.54. The van der Waals surface area contributed by atoms with Gasteiger partial charge in [-0.05, 0) is 35.0 Å². The maximum Gasteiger partial charge on any atom is 0.0723 e. The summed E-state index contributed by atoms with van der Waals surface area (Å²) in [7, 11) is 0. The first-order valence-corrected chi connectivity index (χ1v) is 8.22. The third-order valence-corrected chi connectivity index (χ3v) is 4.53. The molecule has 116 valence electrons. The molecule has 0 bridgehead atoms. The molecule has 0 saturated carbocycles. The van der Waals surface area contributed by atoms with Gasteiger partial charge in [0.05, 0.1) is 17.2 Å². The lowest BCUT2D eigenvalue weighted by molar-refractivity contribution is -0.254. The zero-order chi connectivity index (χ0) is 16.7. The van der Waals surface area contributed by atoms with Crippen LogP contribution in [0.15, 0.2) is 71.2 Å². The van der Waals surface area contributed by atoms with Crippen molar-refractivity contribution in [3.05, 3.63) is 76.8 Å². The number of fused-ring (bicyclic) bond motifs is 3. The van der Waals surface area contributed by atoms with Crippen LogP contribution in [0.1, 0.15) is 10.4 Å². The van der Waals surface area contributed by atoms with Crippen LogP contribution in [-0.2, 0) is 0 Å². The number of halogens is 1. The van der Waals surface area contributed by atoms with E-state index in [9.17, 15) is 9.90 Å². The van der Waals surface area contributed by atoms with Crippen LogP contribution in [-0.4, -0.2) is 11.0 Å². The number of aromatic nitrogens is 1. The summed E-state index contributed by atoms with van der Waals surface area (Å²) in [5, 5.41) is 14.2. The van der Waals surface area contributed by atoms with Crippen LogP contribution >= 0.6 is 15.9 Å². The molecule has 3 nitrogen and oxygen atoms in total. The summed E-state index contributed by atoms with van der Waals surface area (Å²) < 4.78 is 0.912. The average molecular weight is 377 g/mol. The molecule has 0 radical (unpaired) electrons.